The number of nitrogens with one attached hydrogen (secondary N) is 1. The van der Waals surface area contributed by atoms with Crippen molar-refractivity contribution in [3.63, 3.8) is 0 Å². The average Bonchev–Trinajstić information content (AvgIpc) is 2.79. The minimum atomic E-state index is -0.348. The fraction of sp³-hybridized carbons (Fsp3) is 0. The molecule has 0 bridgehead atoms. The van der Waals surface area contributed by atoms with Crippen molar-refractivity contribution in [2.75, 3.05) is 11.1 Å². The van der Waals surface area contributed by atoms with E-state index >= 15 is 0 Å². The smallest absolute Gasteiger partial charge is 0.267 e. The lowest BCUT2D eigenvalue weighted by atomic mass is 10.2. The van der Waals surface area contributed by atoms with Gasteiger partial charge in [-0.3, -0.25) is 4.79 Å². The van der Waals surface area contributed by atoms with E-state index in [0.717, 1.165) is 14.6 Å². The Hall–Kier alpha value is -1.92. The molecule has 2 aromatic carbocycles. The zero-order chi connectivity index (χ0) is 15.0. The van der Waals surface area contributed by atoms with Crippen LogP contribution in [0.15, 0.2) is 46.9 Å². The number of hydrogen-bond donors (Lipinski definition) is 2. The molecule has 6 heteroatoms. The number of hydrogen-bond acceptors (Lipinski definition) is 3. The highest BCUT2D eigenvalue weighted by Crippen LogP contribution is 2.35. The van der Waals surface area contributed by atoms with Gasteiger partial charge < -0.3 is 11.1 Å². The lowest BCUT2D eigenvalue weighted by molar-refractivity contribution is 0.103. The predicted molar refractivity (Wildman–Crippen MR) is 88.3 cm³/mol. The summed E-state index contributed by atoms with van der Waals surface area (Å²) in [4.78, 5) is 12.7. The van der Waals surface area contributed by atoms with Crippen molar-refractivity contribution in [1.29, 1.82) is 0 Å². The average molecular weight is 365 g/mol. The molecule has 0 atom stereocenters. The first-order valence-corrected chi connectivity index (χ1v) is 7.70. The maximum Gasteiger partial charge on any atom is 0.267 e. The molecule has 3 N–H and O–H groups in total. The van der Waals surface area contributed by atoms with Crippen LogP contribution in [0.1, 0.15) is 9.67 Å². The molecule has 0 aliphatic heterocycles. The normalized spacial score (nSPS) is 10.8. The van der Waals surface area contributed by atoms with Gasteiger partial charge >= 0.3 is 0 Å². The van der Waals surface area contributed by atoms with Crippen LogP contribution in [-0.2, 0) is 0 Å². The van der Waals surface area contributed by atoms with E-state index in [1.807, 2.05) is 18.2 Å². The van der Waals surface area contributed by atoms with Crippen LogP contribution < -0.4 is 11.1 Å². The van der Waals surface area contributed by atoms with Crippen molar-refractivity contribution in [3.8, 4) is 0 Å². The first-order chi connectivity index (χ1) is 10.0. The van der Waals surface area contributed by atoms with Crippen LogP contribution >= 0.6 is 27.3 Å². The van der Waals surface area contributed by atoms with E-state index in [4.69, 9.17) is 5.73 Å². The minimum absolute atomic E-state index is 0.295. The fourth-order valence-electron chi connectivity index (χ4n) is 1.98. The largest absolute Gasteiger partial charge is 0.397 e. The molecule has 1 amide bonds. The number of halogens is 2. The molecule has 0 saturated heterocycles. The van der Waals surface area contributed by atoms with E-state index in [1.165, 1.54) is 35.6 Å². The molecule has 106 valence electrons. The maximum absolute atomic E-state index is 12.9. The zero-order valence-corrected chi connectivity index (χ0v) is 13.1. The molecule has 3 rings (SSSR count). The first-order valence-electron chi connectivity index (χ1n) is 6.09. The molecular formula is C15H10BrFN2OS. The Kier molecular flexibility index (Phi) is 3.65. The molecule has 0 radical (unpaired) electrons. The van der Waals surface area contributed by atoms with E-state index in [-0.39, 0.29) is 11.7 Å². The fourth-order valence-corrected chi connectivity index (χ4v) is 3.34. The molecule has 1 heterocycles. The number of nitrogens with two attached hydrogens (primary N) is 1. The van der Waals surface area contributed by atoms with Crippen molar-refractivity contribution < 1.29 is 9.18 Å². The lowest BCUT2D eigenvalue weighted by Crippen LogP contribution is -2.11. The van der Waals surface area contributed by atoms with E-state index in [9.17, 15) is 9.18 Å². The topological polar surface area (TPSA) is 55.1 Å². The SMILES string of the molecule is Nc1c(C(=O)Nc2ccc(F)cc2)sc2ccc(Br)cc12. The van der Waals surface area contributed by atoms with Gasteiger partial charge in [-0.2, -0.15) is 0 Å². The number of nitrogen functional groups attached to an aromatic ring is 1. The molecule has 0 fully saturated rings. The van der Waals surface area contributed by atoms with Crippen molar-refractivity contribution in [2.24, 2.45) is 0 Å². The molecule has 0 aliphatic rings. The van der Waals surface area contributed by atoms with E-state index < -0.39 is 0 Å². The predicted octanol–water partition coefficient (Wildman–Crippen LogP) is 4.64. The molecular weight excluding hydrogens is 355 g/mol. The van der Waals surface area contributed by atoms with Gasteiger partial charge in [0.2, 0.25) is 0 Å². The van der Waals surface area contributed by atoms with Gasteiger partial charge in [-0.15, -0.1) is 11.3 Å². The van der Waals surface area contributed by atoms with Gasteiger partial charge in [0.15, 0.2) is 0 Å². The number of amides is 1. The third-order valence-corrected chi connectivity index (χ3v) is 4.68. The third kappa shape index (κ3) is 2.77. The second kappa shape index (κ2) is 5.46. The maximum atomic E-state index is 12.9. The van der Waals surface area contributed by atoms with Gasteiger partial charge in [-0.25, -0.2) is 4.39 Å². The Bertz CT molecular complexity index is 830. The number of carbonyl (C=O) groups is 1. The highest BCUT2D eigenvalue weighted by atomic mass is 79.9. The number of anilines is 2. The summed E-state index contributed by atoms with van der Waals surface area (Å²) >= 11 is 4.72. The van der Waals surface area contributed by atoms with Crippen LogP contribution in [0.2, 0.25) is 0 Å². The van der Waals surface area contributed by atoms with E-state index in [1.54, 1.807) is 0 Å². The van der Waals surface area contributed by atoms with Crippen LogP contribution in [0.4, 0.5) is 15.8 Å². The Balaban J connectivity index is 1.94. The molecule has 0 unspecified atom stereocenters. The summed E-state index contributed by atoms with van der Waals surface area (Å²) in [5, 5.41) is 3.56. The monoisotopic (exact) mass is 364 g/mol. The summed E-state index contributed by atoms with van der Waals surface area (Å²) in [6.45, 7) is 0. The van der Waals surface area contributed by atoms with Gasteiger partial charge in [-0.05, 0) is 42.5 Å². The Morgan fingerprint density at radius 2 is 1.90 bits per heavy atom. The van der Waals surface area contributed by atoms with Crippen molar-refractivity contribution >= 4 is 54.6 Å². The standard InChI is InChI=1S/C15H10BrFN2OS/c16-8-1-6-12-11(7-8)13(18)14(21-12)15(20)19-10-4-2-9(17)3-5-10/h1-7H,18H2,(H,19,20). The number of fused-ring (bicyclic) bond motifs is 1. The highest BCUT2D eigenvalue weighted by Gasteiger charge is 2.16. The second-order valence-corrected chi connectivity index (χ2v) is 6.41. The molecule has 0 aliphatic carbocycles. The van der Waals surface area contributed by atoms with E-state index in [2.05, 4.69) is 21.2 Å². The van der Waals surface area contributed by atoms with Crippen LogP contribution in [0.25, 0.3) is 10.1 Å². The summed E-state index contributed by atoms with van der Waals surface area (Å²) in [5.41, 5.74) is 7.04. The Labute approximate surface area is 132 Å². The quantitative estimate of drug-likeness (QED) is 0.695. The van der Waals surface area contributed by atoms with Gasteiger partial charge in [0.1, 0.15) is 10.7 Å². The third-order valence-electron chi connectivity index (χ3n) is 3.00. The summed E-state index contributed by atoms with van der Waals surface area (Å²) in [7, 11) is 0. The summed E-state index contributed by atoms with van der Waals surface area (Å²) in [6, 6.07) is 11.3. The van der Waals surface area contributed by atoms with Gasteiger partial charge in [0.25, 0.3) is 5.91 Å². The summed E-state index contributed by atoms with van der Waals surface area (Å²) in [5.74, 6) is -0.643. The zero-order valence-electron chi connectivity index (χ0n) is 10.7. The van der Waals surface area contributed by atoms with Crippen molar-refractivity contribution in [3.05, 3.63) is 57.6 Å². The number of benzene rings is 2. The summed E-state index contributed by atoms with van der Waals surface area (Å²) < 4.78 is 14.7. The van der Waals surface area contributed by atoms with Crippen LogP contribution in [0.5, 0.6) is 0 Å². The second-order valence-electron chi connectivity index (χ2n) is 4.45. The van der Waals surface area contributed by atoms with Crippen LogP contribution in [-0.4, -0.2) is 5.91 Å². The Morgan fingerprint density at radius 1 is 1.19 bits per heavy atom. The van der Waals surface area contributed by atoms with E-state index in [0.29, 0.717) is 16.3 Å². The molecule has 21 heavy (non-hydrogen) atoms. The lowest BCUT2D eigenvalue weighted by Gasteiger charge is -2.04. The van der Waals surface area contributed by atoms with Gasteiger partial charge in [-0.1, -0.05) is 15.9 Å². The number of rotatable bonds is 2. The van der Waals surface area contributed by atoms with Crippen molar-refractivity contribution in [2.45, 2.75) is 0 Å². The van der Waals surface area contributed by atoms with Crippen molar-refractivity contribution in [1.82, 2.24) is 0 Å². The van der Waals surface area contributed by atoms with Crippen LogP contribution in [0.3, 0.4) is 0 Å². The van der Waals surface area contributed by atoms with Gasteiger partial charge in [0.05, 0.1) is 5.69 Å². The molecule has 0 saturated carbocycles. The Morgan fingerprint density at radius 3 is 2.62 bits per heavy atom. The molecule has 0 spiro atoms. The number of thiophene rings is 1. The molecule has 1 aromatic heterocycles. The molecule has 3 aromatic rings. The first kappa shape index (κ1) is 14.0. The number of carbonyl (C=O) groups excluding carboxylic acids is 1. The summed E-state index contributed by atoms with van der Waals surface area (Å²) in [6.07, 6.45) is 0. The van der Waals surface area contributed by atoms with Crippen LogP contribution in [0, 0.1) is 5.82 Å². The van der Waals surface area contributed by atoms with Gasteiger partial charge in [0, 0.05) is 20.2 Å². The molecule has 3 nitrogen and oxygen atoms in total. The highest BCUT2D eigenvalue weighted by molar-refractivity contribution is 9.10. The minimum Gasteiger partial charge on any atom is -0.397 e.